The third-order valence-corrected chi connectivity index (χ3v) is 5.32. The molecule has 0 bridgehead atoms. The van der Waals surface area contributed by atoms with Crippen LogP contribution in [0, 0.1) is 0 Å². The number of ether oxygens (including phenoxy) is 1. The van der Waals surface area contributed by atoms with E-state index in [0.717, 1.165) is 11.1 Å². The van der Waals surface area contributed by atoms with Crippen LogP contribution in [0.4, 0.5) is 0 Å². The lowest BCUT2D eigenvalue weighted by Crippen LogP contribution is -2.38. The number of benzene rings is 2. The number of halogens is 2. The van der Waals surface area contributed by atoms with Crippen LogP contribution in [0.25, 0.3) is 0 Å². The normalized spacial score (nSPS) is 17.3. The van der Waals surface area contributed by atoms with E-state index in [1.165, 1.54) is 7.11 Å². The maximum Gasteiger partial charge on any atom is 0.336 e. The van der Waals surface area contributed by atoms with Crippen molar-refractivity contribution in [3.63, 3.8) is 0 Å². The molecule has 1 heterocycles. The molecule has 1 amide bonds. The van der Waals surface area contributed by atoms with Gasteiger partial charge in [-0.05, 0) is 36.2 Å². The number of rotatable bonds is 4. The summed E-state index contributed by atoms with van der Waals surface area (Å²) in [6, 6.07) is 14.6. The fourth-order valence-corrected chi connectivity index (χ4v) is 3.90. The van der Waals surface area contributed by atoms with Crippen LogP contribution in [0.3, 0.4) is 0 Å². The zero-order chi connectivity index (χ0) is 19.6. The van der Waals surface area contributed by atoms with Gasteiger partial charge in [-0.15, -0.1) is 0 Å². The first-order valence-corrected chi connectivity index (χ1v) is 9.26. The zero-order valence-electron chi connectivity index (χ0n) is 15.0. The molecule has 0 fully saturated rings. The summed E-state index contributed by atoms with van der Waals surface area (Å²) < 4.78 is 5.01. The van der Waals surface area contributed by atoms with Crippen LogP contribution in [0.2, 0.25) is 10.0 Å². The molecule has 6 heteroatoms. The molecule has 0 N–H and O–H groups in total. The van der Waals surface area contributed by atoms with Gasteiger partial charge in [-0.1, -0.05) is 53.5 Å². The van der Waals surface area contributed by atoms with E-state index in [-0.39, 0.29) is 12.3 Å². The Labute approximate surface area is 168 Å². The summed E-state index contributed by atoms with van der Waals surface area (Å²) in [5.41, 5.74) is 2.65. The molecule has 0 saturated carbocycles. The molecule has 1 aliphatic heterocycles. The Morgan fingerprint density at radius 2 is 1.93 bits per heavy atom. The summed E-state index contributed by atoms with van der Waals surface area (Å²) in [4.78, 5) is 27.1. The van der Waals surface area contributed by atoms with E-state index in [1.807, 2.05) is 30.3 Å². The van der Waals surface area contributed by atoms with Crippen molar-refractivity contribution >= 4 is 35.1 Å². The van der Waals surface area contributed by atoms with Crippen LogP contribution >= 0.6 is 23.2 Å². The first kappa shape index (κ1) is 19.5. The summed E-state index contributed by atoms with van der Waals surface area (Å²) in [5.74, 6) is -0.972. The van der Waals surface area contributed by atoms with Crippen molar-refractivity contribution in [2.24, 2.45) is 0 Å². The molecule has 2 aromatic rings. The van der Waals surface area contributed by atoms with Crippen molar-refractivity contribution in [3.8, 4) is 0 Å². The Morgan fingerprint density at radius 1 is 1.19 bits per heavy atom. The highest BCUT2D eigenvalue weighted by molar-refractivity contribution is 6.31. The molecule has 0 radical (unpaired) electrons. The molecule has 2 aromatic carbocycles. The maximum absolute atomic E-state index is 12.9. The monoisotopic (exact) mass is 403 g/mol. The Bertz CT molecular complexity index is 923. The highest BCUT2D eigenvalue weighted by atomic mass is 35.5. The number of esters is 1. The lowest BCUT2D eigenvalue weighted by atomic mass is 9.83. The molecule has 27 heavy (non-hydrogen) atoms. The minimum Gasteiger partial charge on any atom is -0.466 e. The Balaban J connectivity index is 2.05. The molecule has 0 saturated heterocycles. The predicted octanol–water partition coefficient (Wildman–Crippen LogP) is 4.96. The van der Waals surface area contributed by atoms with Gasteiger partial charge in [0, 0.05) is 28.1 Å². The first-order chi connectivity index (χ1) is 12.9. The smallest absolute Gasteiger partial charge is 0.336 e. The van der Waals surface area contributed by atoms with E-state index in [9.17, 15) is 9.59 Å². The zero-order valence-corrected chi connectivity index (χ0v) is 16.6. The lowest BCUT2D eigenvalue weighted by Gasteiger charge is -2.34. The molecule has 1 atom stereocenters. The topological polar surface area (TPSA) is 46.6 Å². The minimum atomic E-state index is -0.457. The second-order valence-electron chi connectivity index (χ2n) is 6.38. The largest absolute Gasteiger partial charge is 0.466 e. The maximum atomic E-state index is 12.9. The van der Waals surface area contributed by atoms with Gasteiger partial charge < -0.3 is 9.64 Å². The Morgan fingerprint density at radius 3 is 2.59 bits per heavy atom. The van der Waals surface area contributed by atoms with Gasteiger partial charge in [-0.25, -0.2) is 4.79 Å². The molecule has 4 nitrogen and oxygen atoms in total. The molecular formula is C21H19Cl2NO3. The van der Waals surface area contributed by atoms with Crippen molar-refractivity contribution in [2.75, 3.05) is 7.11 Å². The predicted molar refractivity (Wildman–Crippen MR) is 106 cm³/mol. The Hall–Kier alpha value is -2.30. The van der Waals surface area contributed by atoms with E-state index in [4.69, 9.17) is 27.9 Å². The summed E-state index contributed by atoms with van der Waals surface area (Å²) in [5, 5.41) is 1.12. The quantitative estimate of drug-likeness (QED) is 0.677. The minimum absolute atomic E-state index is 0.0787. The van der Waals surface area contributed by atoms with Crippen LogP contribution < -0.4 is 0 Å². The first-order valence-electron chi connectivity index (χ1n) is 8.50. The third kappa shape index (κ3) is 4.02. The molecule has 0 aliphatic carbocycles. The standard InChI is InChI=1S/C21H19Cl2NO3/c1-13-20(21(26)27-2)17(16-8-3-4-9-18(16)23)11-19(25)24(13)12-14-6-5-7-15(22)10-14/h3-10,17H,11-12H2,1-2H3/t17-/m1/s1. The van der Waals surface area contributed by atoms with Gasteiger partial charge in [-0.2, -0.15) is 0 Å². The lowest BCUT2D eigenvalue weighted by molar-refractivity contribution is -0.138. The van der Waals surface area contributed by atoms with Crippen molar-refractivity contribution in [3.05, 3.63) is 81.0 Å². The Kier molecular flexibility index (Phi) is 5.88. The molecular weight excluding hydrogens is 385 g/mol. The van der Waals surface area contributed by atoms with Crippen LogP contribution in [0.15, 0.2) is 59.8 Å². The summed E-state index contributed by atoms with van der Waals surface area (Å²) in [6.45, 7) is 2.10. The van der Waals surface area contributed by atoms with Gasteiger partial charge in [0.15, 0.2) is 0 Å². The second kappa shape index (κ2) is 8.15. The van der Waals surface area contributed by atoms with Crippen molar-refractivity contribution < 1.29 is 14.3 Å². The van der Waals surface area contributed by atoms with Crippen molar-refractivity contribution in [2.45, 2.75) is 25.8 Å². The van der Waals surface area contributed by atoms with Gasteiger partial charge in [-0.3, -0.25) is 4.79 Å². The van der Waals surface area contributed by atoms with Gasteiger partial charge >= 0.3 is 5.97 Å². The summed E-state index contributed by atoms with van der Waals surface area (Å²) in [7, 11) is 1.34. The van der Waals surface area contributed by atoms with Crippen LogP contribution in [-0.2, 0) is 20.9 Å². The third-order valence-electron chi connectivity index (χ3n) is 4.74. The number of hydrogen-bond acceptors (Lipinski definition) is 3. The molecule has 0 aromatic heterocycles. The van der Waals surface area contributed by atoms with E-state index < -0.39 is 11.9 Å². The van der Waals surface area contributed by atoms with Crippen molar-refractivity contribution in [1.82, 2.24) is 4.90 Å². The second-order valence-corrected chi connectivity index (χ2v) is 7.22. The van der Waals surface area contributed by atoms with Gasteiger partial charge in [0.25, 0.3) is 0 Å². The van der Waals surface area contributed by atoms with E-state index >= 15 is 0 Å². The summed E-state index contributed by atoms with van der Waals surface area (Å²) >= 11 is 12.4. The van der Waals surface area contributed by atoms with Crippen molar-refractivity contribution in [1.29, 1.82) is 0 Å². The fourth-order valence-electron chi connectivity index (χ4n) is 3.42. The molecule has 1 aliphatic rings. The number of allylic oxidation sites excluding steroid dienone is 1. The van der Waals surface area contributed by atoms with Crippen LogP contribution in [0.1, 0.15) is 30.4 Å². The number of hydrogen-bond donors (Lipinski definition) is 0. The van der Waals surface area contributed by atoms with Gasteiger partial charge in [0.2, 0.25) is 5.91 Å². The fraction of sp³-hybridized carbons (Fsp3) is 0.238. The van der Waals surface area contributed by atoms with E-state index in [2.05, 4.69) is 0 Å². The number of methoxy groups -OCH3 is 1. The SMILES string of the molecule is COC(=O)C1=C(C)N(Cc2cccc(Cl)c2)C(=O)C[C@@H]1c1ccccc1Cl. The average Bonchev–Trinajstić information content (AvgIpc) is 2.64. The molecule has 140 valence electrons. The molecule has 0 spiro atoms. The van der Waals surface area contributed by atoms with E-state index in [0.29, 0.717) is 27.9 Å². The highest BCUT2D eigenvalue weighted by Gasteiger charge is 2.37. The van der Waals surface area contributed by atoms with Gasteiger partial charge in [0.05, 0.1) is 19.2 Å². The number of amides is 1. The van der Waals surface area contributed by atoms with Crippen LogP contribution in [0.5, 0.6) is 0 Å². The van der Waals surface area contributed by atoms with Gasteiger partial charge in [0.1, 0.15) is 0 Å². The molecule has 0 unspecified atom stereocenters. The van der Waals surface area contributed by atoms with Crippen LogP contribution in [-0.4, -0.2) is 23.9 Å². The number of nitrogens with zero attached hydrogens (tertiary/aromatic N) is 1. The number of carbonyl (C=O) groups is 2. The average molecular weight is 404 g/mol. The van der Waals surface area contributed by atoms with E-state index in [1.54, 1.807) is 30.0 Å². The highest BCUT2D eigenvalue weighted by Crippen LogP contribution is 2.40. The summed E-state index contributed by atoms with van der Waals surface area (Å²) in [6.07, 6.45) is 0.145. The number of carbonyl (C=O) groups excluding carboxylic acids is 2. The molecule has 3 rings (SSSR count).